The van der Waals surface area contributed by atoms with Gasteiger partial charge in [0.15, 0.2) is 25.2 Å². The number of aliphatic hydroxyl groups is 6. The Hall–Kier alpha value is -1.95. The summed E-state index contributed by atoms with van der Waals surface area (Å²) < 4.78 is 66.9. The van der Waals surface area contributed by atoms with E-state index in [4.69, 9.17) is 51.8 Å². The number of rotatable bonds is 12. The third-order valence-electron chi connectivity index (χ3n) is 15.5. The van der Waals surface area contributed by atoms with Crippen LogP contribution < -0.4 is 0 Å². The Kier molecular flexibility index (Phi) is 15.1. The van der Waals surface area contributed by atoms with E-state index in [2.05, 4.69) is 13.0 Å². The molecule has 4 aliphatic heterocycles. The predicted octanol–water partition coefficient (Wildman–Crippen LogP) is 1.89. The zero-order valence-corrected chi connectivity index (χ0v) is 37.9. The van der Waals surface area contributed by atoms with Crippen LogP contribution in [0, 0.1) is 24.2 Å². The summed E-state index contributed by atoms with van der Waals surface area (Å²) in [4.78, 5) is 13.8. The minimum absolute atomic E-state index is 0.0972. The Morgan fingerprint density at radius 3 is 1.94 bits per heavy atom. The second kappa shape index (κ2) is 19.9. The third kappa shape index (κ3) is 9.43. The van der Waals surface area contributed by atoms with Crippen molar-refractivity contribution in [3.8, 4) is 0 Å². The largest absolute Gasteiger partial charge is 0.469 e. The molecule has 8 rings (SSSR count). The lowest BCUT2D eigenvalue weighted by Gasteiger charge is -2.54. The molecule has 7 aliphatic rings. The Balaban J connectivity index is 0.822. The second-order valence-corrected chi connectivity index (χ2v) is 19.3. The first-order valence-electron chi connectivity index (χ1n) is 23.1. The van der Waals surface area contributed by atoms with Crippen LogP contribution in [0.3, 0.4) is 0 Å². The zero-order valence-electron chi connectivity index (χ0n) is 37.9. The van der Waals surface area contributed by atoms with Gasteiger partial charge in [0.25, 0.3) is 0 Å². The highest BCUT2D eigenvalue weighted by molar-refractivity contribution is 5.89. The van der Waals surface area contributed by atoms with Crippen LogP contribution in [0.1, 0.15) is 96.3 Å². The van der Waals surface area contributed by atoms with Gasteiger partial charge in [0.2, 0.25) is 0 Å². The maximum Gasteiger partial charge on any atom is 0.187 e. The van der Waals surface area contributed by atoms with E-state index >= 15 is 0 Å². The number of hydrogen-bond donors (Lipinski definition) is 6. The molecule has 362 valence electrons. The monoisotopic (exact) mass is 910 g/mol. The van der Waals surface area contributed by atoms with E-state index in [0.29, 0.717) is 19.3 Å². The number of aryl methyl sites for hydroxylation is 1. The fourth-order valence-corrected chi connectivity index (χ4v) is 11.9. The maximum atomic E-state index is 13.8. The highest BCUT2D eigenvalue weighted by Gasteiger charge is 2.55. The van der Waals surface area contributed by atoms with Crippen molar-refractivity contribution in [2.75, 3.05) is 20.8 Å². The Morgan fingerprint density at radius 1 is 0.734 bits per heavy atom. The van der Waals surface area contributed by atoms with Gasteiger partial charge in [0, 0.05) is 50.9 Å². The molecule has 6 fully saturated rings. The molecular weight excluding hydrogens is 840 g/mol. The lowest BCUT2D eigenvalue weighted by molar-refractivity contribution is -0.357. The number of ketones is 1. The highest BCUT2D eigenvalue weighted by Crippen LogP contribution is 2.58. The molecule has 1 unspecified atom stereocenters. The molecule has 2 saturated carbocycles. The van der Waals surface area contributed by atoms with Gasteiger partial charge in [0.1, 0.15) is 54.3 Å². The minimum atomic E-state index is -1.59. The SMILES string of the molecule is CO[C@H]1C[C@H](O[C@H]2[C@H](C)O[C@H](O[C@H]3[C@@H](O)C[C@H](O[C@@H]4CC5=CC[C@H]6C(=O)C(c7ccoc7C)CC[C@@H]6[C@@]5(C)C[C@H]4O)O[C@@H]3C)C[C@H]2OC)O[C@@H](C)[C@H]1O[C@@H]1O[C@H](CO)[C@@H](O)[C@H](O)[C@H]1O. The summed E-state index contributed by atoms with van der Waals surface area (Å²) in [5.74, 6) is 0.963. The summed E-state index contributed by atoms with van der Waals surface area (Å²) in [6, 6.07) is 1.92. The summed E-state index contributed by atoms with van der Waals surface area (Å²) in [6.45, 7) is 8.92. The van der Waals surface area contributed by atoms with E-state index in [1.54, 1.807) is 20.3 Å². The van der Waals surface area contributed by atoms with Gasteiger partial charge in [-0.05, 0) is 77.2 Å². The topological polar surface area (TPSA) is 244 Å². The molecule has 3 aliphatic carbocycles. The number of Topliss-reactive ketones (excluding diaryl/α,β-unsaturated/α-hetero) is 1. The van der Waals surface area contributed by atoms with Gasteiger partial charge < -0.3 is 82.4 Å². The average molecular weight is 911 g/mol. The summed E-state index contributed by atoms with van der Waals surface area (Å²) >= 11 is 0. The van der Waals surface area contributed by atoms with Gasteiger partial charge in [-0.15, -0.1) is 0 Å². The van der Waals surface area contributed by atoms with Crippen molar-refractivity contribution in [3.63, 3.8) is 0 Å². The zero-order chi connectivity index (χ0) is 45.8. The van der Waals surface area contributed by atoms with E-state index in [-0.39, 0.29) is 48.2 Å². The number of carbonyl (C=O) groups excluding carboxylic acids is 1. The summed E-state index contributed by atoms with van der Waals surface area (Å²) in [6.07, 6.45) is -8.83. The fraction of sp³-hybridized carbons (Fsp3) is 0.848. The van der Waals surface area contributed by atoms with Gasteiger partial charge in [0.05, 0.1) is 61.7 Å². The molecule has 23 atom stereocenters. The van der Waals surface area contributed by atoms with Gasteiger partial charge in [-0.3, -0.25) is 4.79 Å². The molecule has 1 aromatic rings. The van der Waals surface area contributed by atoms with Crippen molar-refractivity contribution >= 4 is 5.78 Å². The fourth-order valence-electron chi connectivity index (χ4n) is 11.9. The molecule has 0 spiro atoms. The van der Waals surface area contributed by atoms with Crippen LogP contribution >= 0.6 is 0 Å². The first-order chi connectivity index (χ1) is 30.5. The lowest BCUT2D eigenvalue weighted by Crippen LogP contribution is -2.62. The minimum Gasteiger partial charge on any atom is -0.469 e. The van der Waals surface area contributed by atoms with Crippen LogP contribution in [0.25, 0.3) is 0 Å². The van der Waals surface area contributed by atoms with Crippen molar-refractivity contribution in [1.82, 2.24) is 0 Å². The normalized spacial score (nSPS) is 48.9. The number of furan rings is 1. The van der Waals surface area contributed by atoms with Gasteiger partial charge >= 0.3 is 0 Å². The molecule has 6 N–H and O–H groups in total. The molecule has 0 aromatic carbocycles. The molecule has 1 aromatic heterocycles. The smallest absolute Gasteiger partial charge is 0.187 e. The van der Waals surface area contributed by atoms with Crippen LogP contribution in [0.15, 0.2) is 28.4 Å². The molecule has 18 heteroatoms. The van der Waals surface area contributed by atoms with Gasteiger partial charge in [-0.1, -0.05) is 18.6 Å². The maximum absolute atomic E-state index is 13.8. The van der Waals surface area contributed by atoms with Crippen molar-refractivity contribution in [1.29, 1.82) is 0 Å². The number of fused-ring (bicyclic) bond motifs is 3. The van der Waals surface area contributed by atoms with Crippen molar-refractivity contribution in [2.24, 2.45) is 17.3 Å². The second-order valence-electron chi connectivity index (χ2n) is 19.3. The molecule has 18 nitrogen and oxygen atoms in total. The van der Waals surface area contributed by atoms with Crippen LogP contribution in [-0.2, 0) is 52.2 Å². The summed E-state index contributed by atoms with van der Waals surface area (Å²) in [7, 11) is 3.08. The Labute approximate surface area is 374 Å². The number of carbonyl (C=O) groups is 1. The first kappa shape index (κ1) is 48.5. The Bertz CT molecular complexity index is 1740. The van der Waals surface area contributed by atoms with E-state index in [1.165, 1.54) is 12.7 Å². The molecule has 5 heterocycles. The molecule has 4 saturated heterocycles. The van der Waals surface area contributed by atoms with Gasteiger partial charge in [-0.2, -0.15) is 0 Å². The quantitative estimate of drug-likeness (QED) is 0.164. The molecule has 0 amide bonds. The summed E-state index contributed by atoms with van der Waals surface area (Å²) in [5.41, 5.74) is 1.88. The van der Waals surface area contributed by atoms with Crippen LogP contribution in [-0.4, -0.2) is 174 Å². The van der Waals surface area contributed by atoms with Crippen LogP contribution in [0.4, 0.5) is 0 Å². The third-order valence-corrected chi connectivity index (χ3v) is 15.5. The molecule has 0 radical (unpaired) electrons. The van der Waals surface area contributed by atoms with Crippen molar-refractivity contribution in [3.05, 3.63) is 35.3 Å². The van der Waals surface area contributed by atoms with E-state index in [0.717, 1.165) is 24.2 Å². The van der Waals surface area contributed by atoms with Crippen LogP contribution in [0.5, 0.6) is 0 Å². The number of ether oxygens (including phenoxy) is 10. The van der Waals surface area contributed by atoms with Crippen molar-refractivity contribution in [2.45, 2.75) is 209 Å². The molecule has 0 bridgehead atoms. The predicted molar refractivity (Wildman–Crippen MR) is 221 cm³/mol. The number of hydrogen-bond acceptors (Lipinski definition) is 18. The average Bonchev–Trinajstić information content (AvgIpc) is 3.69. The number of allylic oxidation sites excluding steroid dienone is 1. The lowest BCUT2D eigenvalue weighted by atomic mass is 9.51. The standard InChI is InChI=1S/C46H70O18/c1-20-25(12-13-56-20)26-10-11-28-27(38(26)50)9-8-24-14-31(30(49)18-46(24,28)5)60-35-15-29(48)42(21(2)57-35)62-36-16-32(54-6)43(22(3)58-36)63-37-17-33(55-7)44(23(4)59-37)64-45-41(53)40(52)39(51)34(19-47)61-45/h8,12-13,21-23,26-37,39-45,47-49,51-53H,9-11,14-19H2,1-7H3/t21-,22+,23+,26?,27-,28+,29+,30-,31-,32-,33+,34-,35+,36-,37+,39-,40+,41-,42-,43+,44-,45+,46+/m1/s1. The molecular formula is C46H70O18. The van der Waals surface area contributed by atoms with Crippen LogP contribution in [0.2, 0.25) is 0 Å². The first-order valence-corrected chi connectivity index (χ1v) is 23.1. The number of methoxy groups -OCH3 is 2. The number of aliphatic hydroxyl groups excluding tert-OH is 6. The Morgan fingerprint density at radius 2 is 1.34 bits per heavy atom. The van der Waals surface area contributed by atoms with Crippen molar-refractivity contribution < 1.29 is 87.2 Å². The highest BCUT2D eigenvalue weighted by atomic mass is 16.8. The van der Waals surface area contributed by atoms with Gasteiger partial charge in [-0.25, -0.2) is 0 Å². The van der Waals surface area contributed by atoms with E-state index < -0.39 is 123 Å². The molecule has 64 heavy (non-hydrogen) atoms. The summed E-state index contributed by atoms with van der Waals surface area (Å²) in [5, 5.41) is 63.6. The van der Waals surface area contributed by atoms with E-state index in [9.17, 15) is 35.4 Å². The van der Waals surface area contributed by atoms with E-state index in [1.807, 2.05) is 26.8 Å².